The zero-order chi connectivity index (χ0) is 14.6. The van der Waals surface area contributed by atoms with Crippen molar-refractivity contribution in [1.29, 1.82) is 0 Å². The third-order valence-electron chi connectivity index (χ3n) is 3.41. The Bertz CT molecular complexity index is 554. The number of halogens is 1. The van der Waals surface area contributed by atoms with Crippen LogP contribution in [0, 0.1) is 0 Å². The van der Waals surface area contributed by atoms with E-state index in [1.54, 1.807) is 6.07 Å². The molecule has 2 rings (SSSR count). The van der Waals surface area contributed by atoms with E-state index in [0.717, 1.165) is 18.8 Å². The summed E-state index contributed by atoms with van der Waals surface area (Å²) in [5, 5.41) is 0.436. The molecule has 112 valence electrons. The lowest BCUT2D eigenvalue weighted by atomic mass is 10.1. The summed E-state index contributed by atoms with van der Waals surface area (Å²) in [4.78, 5) is 2.28. The summed E-state index contributed by atoms with van der Waals surface area (Å²) in [5.41, 5.74) is 1.51. The van der Waals surface area contributed by atoms with Crippen LogP contribution >= 0.6 is 11.6 Å². The molecule has 1 aromatic carbocycles. The van der Waals surface area contributed by atoms with Crippen LogP contribution in [-0.4, -0.2) is 27.3 Å². The number of anilines is 2. The molecule has 1 aliphatic rings. The third-order valence-corrected chi connectivity index (χ3v) is 5.22. The van der Waals surface area contributed by atoms with Gasteiger partial charge in [0.2, 0.25) is 10.0 Å². The maximum Gasteiger partial charge on any atom is 0.232 e. The Hall–Kier alpha value is -0.940. The number of hydrogen-bond acceptors (Lipinski definition) is 3. The van der Waals surface area contributed by atoms with Gasteiger partial charge in [-0.15, -0.1) is 0 Å². The monoisotopic (exact) mass is 316 g/mol. The average Bonchev–Trinajstić information content (AvgIpc) is 2.42. The van der Waals surface area contributed by atoms with Gasteiger partial charge in [0.25, 0.3) is 0 Å². The minimum Gasteiger partial charge on any atom is -0.371 e. The number of nitrogens with one attached hydrogen (secondary N) is 1. The van der Waals surface area contributed by atoms with Crippen LogP contribution in [-0.2, 0) is 10.0 Å². The number of benzene rings is 1. The Kier molecular flexibility index (Phi) is 5.16. The van der Waals surface area contributed by atoms with Gasteiger partial charge in [0.1, 0.15) is 0 Å². The standard InChI is InChI=1S/C14H21ClN2O2S/c1-2-10-20(18,19)16-14-11-12(6-7-13(14)15)17-8-4-3-5-9-17/h6-7,11,16H,2-5,8-10H2,1H3. The molecule has 0 amide bonds. The fraction of sp³-hybridized carbons (Fsp3) is 0.571. The largest absolute Gasteiger partial charge is 0.371 e. The van der Waals surface area contributed by atoms with Crippen LogP contribution in [0.5, 0.6) is 0 Å². The maximum atomic E-state index is 11.9. The fourth-order valence-corrected chi connectivity index (χ4v) is 3.79. The molecule has 0 aliphatic carbocycles. The second-order valence-electron chi connectivity index (χ2n) is 5.13. The molecule has 1 fully saturated rings. The van der Waals surface area contributed by atoms with E-state index in [4.69, 9.17) is 11.6 Å². The van der Waals surface area contributed by atoms with E-state index in [1.165, 1.54) is 19.3 Å². The van der Waals surface area contributed by atoms with Crippen LogP contribution in [0.15, 0.2) is 18.2 Å². The van der Waals surface area contributed by atoms with Crippen LogP contribution < -0.4 is 9.62 Å². The molecule has 20 heavy (non-hydrogen) atoms. The molecule has 1 heterocycles. The molecular weight excluding hydrogens is 296 g/mol. The van der Waals surface area contributed by atoms with Crippen molar-refractivity contribution in [2.75, 3.05) is 28.5 Å². The van der Waals surface area contributed by atoms with E-state index >= 15 is 0 Å². The van der Waals surface area contributed by atoms with Gasteiger partial charge in [-0.05, 0) is 43.9 Å². The molecule has 0 bridgehead atoms. The molecule has 0 aromatic heterocycles. The Morgan fingerprint density at radius 2 is 1.95 bits per heavy atom. The molecule has 1 aliphatic heterocycles. The molecular formula is C14H21ClN2O2S. The quantitative estimate of drug-likeness (QED) is 0.904. The first-order valence-corrected chi connectivity index (χ1v) is 9.10. The van der Waals surface area contributed by atoms with Crippen LogP contribution in [0.2, 0.25) is 5.02 Å². The number of rotatable bonds is 5. The first-order valence-electron chi connectivity index (χ1n) is 7.07. The van der Waals surface area contributed by atoms with E-state index < -0.39 is 10.0 Å². The molecule has 0 atom stereocenters. The lowest BCUT2D eigenvalue weighted by Gasteiger charge is -2.29. The van der Waals surface area contributed by atoms with Gasteiger partial charge >= 0.3 is 0 Å². The van der Waals surface area contributed by atoms with Gasteiger partial charge in [-0.2, -0.15) is 0 Å². The van der Waals surface area contributed by atoms with E-state index in [0.29, 0.717) is 17.1 Å². The van der Waals surface area contributed by atoms with Gasteiger partial charge in [0.05, 0.1) is 16.5 Å². The van der Waals surface area contributed by atoms with Crippen molar-refractivity contribution in [3.8, 4) is 0 Å². The molecule has 1 N–H and O–H groups in total. The van der Waals surface area contributed by atoms with Crippen LogP contribution in [0.25, 0.3) is 0 Å². The molecule has 0 spiro atoms. The first kappa shape index (κ1) is 15.4. The number of sulfonamides is 1. The van der Waals surface area contributed by atoms with Crippen LogP contribution in [0.3, 0.4) is 0 Å². The average molecular weight is 317 g/mol. The van der Waals surface area contributed by atoms with Crippen LogP contribution in [0.1, 0.15) is 32.6 Å². The van der Waals surface area contributed by atoms with Crippen molar-refractivity contribution < 1.29 is 8.42 Å². The van der Waals surface area contributed by atoms with Gasteiger partial charge < -0.3 is 4.90 Å². The highest BCUT2D eigenvalue weighted by atomic mass is 35.5. The Morgan fingerprint density at radius 3 is 2.60 bits per heavy atom. The zero-order valence-corrected chi connectivity index (χ0v) is 13.3. The molecule has 1 saturated heterocycles. The van der Waals surface area contributed by atoms with E-state index in [2.05, 4.69) is 9.62 Å². The van der Waals surface area contributed by atoms with Crippen molar-refractivity contribution in [3.63, 3.8) is 0 Å². The Balaban J connectivity index is 2.20. The highest BCUT2D eigenvalue weighted by molar-refractivity contribution is 7.92. The van der Waals surface area contributed by atoms with E-state index in [9.17, 15) is 8.42 Å². The highest BCUT2D eigenvalue weighted by Crippen LogP contribution is 2.29. The van der Waals surface area contributed by atoms with Gasteiger partial charge in [-0.25, -0.2) is 8.42 Å². The second-order valence-corrected chi connectivity index (χ2v) is 7.38. The van der Waals surface area contributed by atoms with E-state index in [1.807, 2.05) is 19.1 Å². The molecule has 4 nitrogen and oxygen atoms in total. The minimum absolute atomic E-state index is 0.108. The normalized spacial score (nSPS) is 16.2. The molecule has 0 saturated carbocycles. The van der Waals surface area contributed by atoms with Crippen LogP contribution in [0.4, 0.5) is 11.4 Å². The lowest BCUT2D eigenvalue weighted by molar-refractivity contribution is 0.578. The lowest BCUT2D eigenvalue weighted by Crippen LogP contribution is -2.29. The minimum atomic E-state index is -3.31. The van der Waals surface area contributed by atoms with E-state index in [-0.39, 0.29) is 5.75 Å². The summed E-state index contributed by atoms with van der Waals surface area (Å²) >= 11 is 6.10. The molecule has 0 unspecified atom stereocenters. The molecule has 6 heteroatoms. The Morgan fingerprint density at radius 1 is 1.25 bits per heavy atom. The molecule has 0 radical (unpaired) electrons. The predicted octanol–water partition coefficient (Wildman–Crippen LogP) is 3.48. The number of nitrogens with zero attached hydrogens (tertiary/aromatic N) is 1. The smallest absolute Gasteiger partial charge is 0.232 e. The highest BCUT2D eigenvalue weighted by Gasteiger charge is 2.15. The predicted molar refractivity (Wildman–Crippen MR) is 85.2 cm³/mol. The third kappa shape index (κ3) is 4.03. The van der Waals surface area contributed by atoms with Gasteiger partial charge in [-0.3, -0.25) is 4.72 Å². The molecule has 1 aromatic rings. The zero-order valence-electron chi connectivity index (χ0n) is 11.7. The second kappa shape index (κ2) is 6.68. The Labute approximate surface area is 126 Å². The number of piperidine rings is 1. The van der Waals surface area contributed by atoms with Gasteiger partial charge in [0.15, 0.2) is 0 Å². The van der Waals surface area contributed by atoms with Gasteiger partial charge in [0, 0.05) is 18.8 Å². The van der Waals surface area contributed by atoms with Crippen molar-refractivity contribution in [1.82, 2.24) is 0 Å². The van der Waals surface area contributed by atoms with Crippen molar-refractivity contribution in [3.05, 3.63) is 23.2 Å². The summed E-state index contributed by atoms with van der Waals surface area (Å²) in [5.74, 6) is 0.108. The first-order chi connectivity index (χ1) is 9.52. The van der Waals surface area contributed by atoms with Crippen molar-refractivity contribution in [2.24, 2.45) is 0 Å². The van der Waals surface area contributed by atoms with Crippen molar-refractivity contribution in [2.45, 2.75) is 32.6 Å². The summed E-state index contributed by atoms with van der Waals surface area (Å²) in [6.45, 7) is 3.87. The summed E-state index contributed by atoms with van der Waals surface area (Å²) in [6, 6.07) is 5.54. The van der Waals surface area contributed by atoms with Gasteiger partial charge in [-0.1, -0.05) is 18.5 Å². The fourth-order valence-electron chi connectivity index (χ4n) is 2.43. The maximum absolute atomic E-state index is 11.9. The van der Waals surface area contributed by atoms with Crippen molar-refractivity contribution >= 4 is 33.0 Å². The topological polar surface area (TPSA) is 49.4 Å². The SMILES string of the molecule is CCCS(=O)(=O)Nc1cc(N2CCCCC2)ccc1Cl. The summed E-state index contributed by atoms with van der Waals surface area (Å²) in [6.07, 6.45) is 4.21. The number of hydrogen-bond donors (Lipinski definition) is 1. The summed E-state index contributed by atoms with van der Waals surface area (Å²) in [7, 11) is -3.31. The summed E-state index contributed by atoms with van der Waals surface area (Å²) < 4.78 is 26.3.